The van der Waals surface area contributed by atoms with Crippen LogP contribution in [0.3, 0.4) is 0 Å². The fourth-order valence-corrected chi connectivity index (χ4v) is 2.95. The first-order valence-corrected chi connectivity index (χ1v) is 7.14. The summed E-state index contributed by atoms with van der Waals surface area (Å²) >= 11 is 1.29. The number of rotatable bonds is 5. The van der Waals surface area contributed by atoms with Gasteiger partial charge < -0.3 is 5.73 Å². The van der Waals surface area contributed by atoms with Crippen molar-refractivity contribution in [2.24, 2.45) is 5.73 Å². The second kappa shape index (κ2) is 4.91. The Balaban J connectivity index is 2.73. The Kier molecular flexibility index (Phi) is 4.06. The van der Waals surface area contributed by atoms with Gasteiger partial charge in [-0.2, -0.15) is 0 Å². The van der Waals surface area contributed by atoms with Crippen molar-refractivity contribution in [2.75, 3.05) is 17.0 Å². The predicted octanol–water partition coefficient (Wildman–Crippen LogP) is 0.967. The van der Waals surface area contributed by atoms with Gasteiger partial charge in [0.1, 0.15) is 0 Å². The Hall–Kier alpha value is -0.660. The zero-order valence-corrected chi connectivity index (χ0v) is 10.4. The van der Waals surface area contributed by atoms with E-state index >= 15 is 0 Å². The first-order chi connectivity index (χ1) is 6.94. The third-order valence-corrected chi connectivity index (χ3v) is 3.93. The normalized spacial score (nSPS) is 12.0. The minimum atomic E-state index is -3.32. The molecule has 5 nitrogen and oxygen atoms in total. The molecule has 0 aliphatic heterocycles. The van der Waals surface area contributed by atoms with Gasteiger partial charge in [0.2, 0.25) is 10.0 Å². The molecule has 86 valence electrons. The molecule has 0 fully saturated rings. The van der Waals surface area contributed by atoms with E-state index in [4.69, 9.17) is 5.73 Å². The summed E-state index contributed by atoms with van der Waals surface area (Å²) in [4.78, 5) is 4.16. The Bertz CT molecular complexity index is 411. The third kappa shape index (κ3) is 3.77. The molecular weight excluding hydrogens is 234 g/mol. The lowest BCUT2D eigenvalue weighted by atomic mass is 10.2. The van der Waals surface area contributed by atoms with Gasteiger partial charge in [0, 0.05) is 11.9 Å². The highest BCUT2D eigenvalue weighted by molar-refractivity contribution is 7.92. The zero-order chi connectivity index (χ0) is 11.5. The van der Waals surface area contributed by atoms with E-state index in [0.29, 0.717) is 11.0 Å². The van der Waals surface area contributed by atoms with Gasteiger partial charge in [-0.05, 0) is 5.92 Å². The summed E-state index contributed by atoms with van der Waals surface area (Å²) in [5.74, 6) is 0.220. The molecule has 0 bridgehead atoms. The van der Waals surface area contributed by atoms with Crippen molar-refractivity contribution in [1.29, 1.82) is 0 Å². The Morgan fingerprint density at radius 3 is 2.73 bits per heavy atom. The van der Waals surface area contributed by atoms with Crippen molar-refractivity contribution in [3.05, 3.63) is 11.1 Å². The molecule has 1 aromatic heterocycles. The molecule has 0 radical (unpaired) electrons. The minimum absolute atomic E-state index is 0.0798. The standard InChI is InChI=1S/C8H15N3O2S2/c1-6(2)7-5-14-8(10-7)11-15(12,13)4-3-9/h5-6H,3-4,9H2,1-2H3,(H,10,11). The Labute approximate surface area is 93.8 Å². The molecule has 1 heterocycles. The number of nitrogens with one attached hydrogen (secondary N) is 1. The van der Waals surface area contributed by atoms with E-state index in [1.165, 1.54) is 11.3 Å². The van der Waals surface area contributed by atoms with Crippen LogP contribution in [0.25, 0.3) is 0 Å². The van der Waals surface area contributed by atoms with Crippen molar-refractivity contribution < 1.29 is 8.42 Å². The molecule has 0 aromatic carbocycles. The number of thiazole rings is 1. The van der Waals surface area contributed by atoms with Gasteiger partial charge in [-0.3, -0.25) is 4.72 Å². The summed E-state index contributed by atoms with van der Waals surface area (Å²) < 4.78 is 25.1. The number of hydrogen-bond acceptors (Lipinski definition) is 5. The predicted molar refractivity (Wildman–Crippen MR) is 62.7 cm³/mol. The van der Waals surface area contributed by atoms with Crippen molar-refractivity contribution >= 4 is 26.5 Å². The van der Waals surface area contributed by atoms with Crippen molar-refractivity contribution in [3.8, 4) is 0 Å². The van der Waals surface area contributed by atoms with E-state index in [-0.39, 0.29) is 12.3 Å². The summed E-state index contributed by atoms with van der Waals surface area (Å²) in [6, 6.07) is 0. The molecule has 0 unspecified atom stereocenters. The summed E-state index contributed by atoms with van der Waals surface area (Å²) in [7, 11) is -3.32. The quantitative estimate of drug-likeness (QED) is 0.814. The monoisotopic (exact) mass is 249 g/mol. The zero-order valence-electron chi connectivity index (χ0n) is 8.73. The Morgan fingerprint density at radius 1 is 1.60 bits per heavy atom. The van der Waals surface area contributed by atoms with Gasteiger partial charge in [0.25, 0.3) is 0 Å². The summed E-state index contributed by atoms with van der Waals surface area (Å²) in [6.07, 6.45) is 0. The highest BCUT2D eigenvalue weighted by Gasteiger charge is 2.12. The van der Waals surface area contributed by atoms with Crippen LogP contribution in [0.2, 0.25) is 0 Å². The molecule has 0 aliphatic rings. The van der Waals surface area contributed by atoms with Gasteiger partial charge in [0.15, 0.2) is 5.13 Å². The molecule has 0 saturated heterocycles. The van der Waals surface area contributed by atoms with E-state index < -0.39 is 10.0 Å². The second-order valence-corrected chi connectivity index (χ2v) is 6.14. The average molecular weight is 249 g/mol. The van der Waals surface area contributed by atoms with Crippen LogP contribution < -0.4 is 10.5 Å². The van der Waals surface area contributed by atoms with Crippen LogP contribution in [-0.4, -0.2) is 25.7 Å². The average Bonchev–Trinajstić information content (AvgIpc) is 2.51. The summed E-state index contributed by atoms with van der Waals surface area (Å²) in [6.45, 7) is 4.12. The highest BCUT2D eigenvalue weighted by Crippen LogP contribution is 2.22. The molecule has 0 aliphatic carbocycles. The molecule has 0 amide bonds. The van der Waals surface area contributed by atoms with Crippen molar-refractivity contribution in [3.63, 3.8) is 0 Å². The topological polar surface area (TPSA) is 85.1 Å². The third-order valence-electron chi connectivity index (χ3n) is 1.74. The van der Waals surface area contributed by atoms with Gasteiger partial charge in [-0.25, -0.2) is 13.4 Å². The number of nitrogens with zero attached hydrogens (tertiary/aromatic N) is 1. The molecule has 15 heavy (non-hydrogen) atoms. The van der Waals surface area contributed by atoms with Crippen molar-refractivity contribution in [1.82, 2.24) is 4.98 Å². The van der Waals surface area contributed by atoms with Gasteiger partial charge in [0.05, 0.1) is 11.4 Å². The molecule has 7 heteroatoms. The van der Waals surface area contributed by atoms with Gasteiger partial charge in [-0.1, -0.05) is 13.8 Å². The molecule has 3 N–H and O–H groups in total. The molecule has 0 saturated carbocycles. The molecular formula is C8H15N3O2S2. The van der Waals surface area contributed by atoms with E-state index in [9.17, 15) is 8.42 Å². The van der Waals surface area contributed by atoms with Crippen LogP contribution in [0, 0.1) is 0 Å². The van der Waals surface area contributed by atoms with Crippen LogP contribution in [-0.2, 0) is 10.0 Å². The first kappa shape index (κ1) is 12.4. The van der Waals surface area contributed by atoms with Crippen LogP contribution in [0.4, 0.5) is 5.13 Å². The lowest BCUT2D eigenvalue weighted by molar-refractivity contribution is 0.601. The van der Waals surface area contributed by atoms with E-state index in [1.54, 1.807) is 0 Å². The summed E-state index contributed by atoms with van der Waals surface area (Å²) in [5, 5.41) is 2.26. The fraction of sp³-hybridized carbons (Fsp3) is 0.625. The van der Waals surface area contributed by atoms with Crippen LogP contribution in [0.5, 0.6) is 0 Å². The Morgan fingerprint density at radius 2 is 2.27 bits per heavy atom. The summed E-state index contributed by atoms with van der Waals surface area (Å²) in [5.41, 5.74) is 6.08. The van der Waals surface area contributed by atoms with Gasteiger partial charge in [-0.15, -0.1) is 11.3 Å². The molecule has 0 atom stereocenters. The number of hydrogen-bond donors (Lipinski definition) is 2. The van der Waals surface area contributed by atoms with Gasteiger partial charge >= 0.3 is 0 Å². The molecule has 1 aromatic rings. The van der Waals surface area contributed by atoms with Crippen LogP contribution in [0.1, 0.15) is 25.5 Å². The van der Waals surface area contributed by atoms with E-state index in [1.807, 2.05) is 19.2 Å². The van der Waals surface area contributed by atoms with Crippen molar-refractivity contribution in [2.45, 2.75) is 19.8 Å². The molecule has 1 rings (SSSR count). The maximum absolute atomic E-state index is 11.4. The minimum Gasteiger partial charge on any atom is -0.329 e. The molecule has 0 spiro atoms. The van der Waals surface area contributed by atoms with Crippen LogP contribution in [0.15, 0.2) is 5.38 Å². The highest BCUT2D eigenvalue weighted by atomic mass is 32.2. The van der Waals surface area contributed by atoms with E-state index in [0.717, 1.165) is 5.69 Å². The largest absolute Gasteiger partial charge is 0.329 e. The first-order valence-electron chi connectivity index (χ1n) is 4.60. The lowest BCUT2D eigenvalue weighted by Gasteiger charge is -2.02. The van der Waals surface area contributed by atoms with Crippen LogP contribution >= 0.6 is 11.3 Å². The smallest absolute Gasteiger partial charge is 0.235 e. The number of anilines is 1. The fourth-order valence-electron chi connectivity index (χ4n) is 0.937. The SMILES string of the molecule is CC(C)c1csc(NS(=O)(=O)CCN)n1. The maximum Gasteiger partial charge on any atom is 0.235 e. The van der Waals surface area contributed by atoms with E-state index in [2.05, 4.69) is 9.71 Å². The lowest BCUT2D eigenvalue weighted by Crippen LogP contribution is -2.22. The number of sulfonamides is 1. The second-order valence-electron chi connectivity index (χ2n) is 3.44. The number of aromatic nitrogens is 1. The maximum atomic E-state index is 11.4. The number of nitrogens with two attached hydrogens (primary N) is 1.